The van der Waals surface area contributed by atoms with Gasteiger partial charge >= 0.3 is 5.97 Å². The summed E-state index contributed by atoms with van der Waals surface area (Å²) in [5.41, 5.74) is 0.532. The predicted molar refractivity (Wildman–Crippen MR) is 75.4 cm³/mol. The van der Waals surface area contributed by atoms with E-state index in [4.69, 9.17) is 5.11 Å². The Bertz CT molecular complexity index is 473. The molecule has 1 N–H and O–H groups in total. The van der Waals surface area contributed by atoms with Crippen LogP contribution in [0.4, 0.5) is 4.39 Å². The fraction of sp³-hybridized carbons (Fsp3) is 0.533. The Kier molecular flexibility index (Phi) is 5.09. The van der Waals surface area contributed by atoms with Crippen molar-refractivity contribution in [2.45, 2.75) is 19.4 Å². The van der Waals surface area contributed by atoms with Crippen LogP contribution in [0, 0.1) is 5.82 Å². The van der Waals surface area contributed by atoms with Gasteiger partial charge in [0, 0.05) is 19.6 Å². The van der Waals surface area contributed by atoms with E-state index >= 15 is 0 Å². The topological polar surface area (TPSA) is 43.8 Å². The minimum Gasteiger partial charge on any atom is -0.478 e. The minimum atomic E-state index is -1.23. The molecule has 2 rings (SSSR count). The van der Waals surface area contributed by atoms with Crippen LogP contribution in [0.2, 0.25) is 0 Å². The van der Waals surface area contributed by atoms with Gasteiger partial charge in [-0.1, -0.05) is 6.07 Å². The van der Waals surface area contributed by atoms with Gasteiger partial charge in [0.05, 0.1) is 5.56 Å². The van der Waals surface area contributed by atoms with E-state index < -0.39 is 11.8 Å². The summed E-state index contributed by atoms with van der Waals surface area (Å²) >= 11 is 0. The summed E-state index contributed by atoms with van der Waals surface area (Å²) in [6, 6.07) is 4.33. The van der Waals surface area contributed by atoms with E-state index in [0.29, 0.717) is 6.54 Å². The molecule has 0 aromatic heterocycles. The number of rotatable bonds is 6. The van der Waals surface area contributed by atoms with Crippen molar-refractivity contribution in [1.82, 2.24) is 9.80 Å². The Morgan fingerprint density at radius 3 is 2.70 bits per heavy atom. The highest BCUT2D eigenvalue weighted by Crippen LogP contribution is 2.12. The van der Waals surface area contributed by atoms with Gasteiger partial charge in [-0.2, -0.15) is 0 Å². The van der Waals surface area contributed by atoms with Gasteiger partial charge in [-0.25, -0.2) is 9.18 Å². The largest absolute Gasteiger partial charge is 0.478 e. The SMILES string of the molecule is CN(CCN1CCCC1)Cc1ccc(C(=O)O)c(F)c1. The Morgan fingerprint density at radius 2 is 2.10 bits per heavy atom. The first-order valence-corrected chi connectivity index (χ1v) is 6.99. The zero-order valence-corrected chi connectivity index (χ0v) is 11.8. The molecule has 20 heavy (non-hydrogen) atoms. The van der Waals surface area contributed by atoms with Crippen LogP contribution in [-0.4, -0.2) is 54.1 Å². The Hall–Kier alpha value is -1.46. The summed E-state index contributed by atoms with van der Waals surface area (Å²) in [5, 5.41) is 8.79. The van der Waals surface area contributed by atoms with E-state index in [1.807, 2.05) is 7.05 Å². The van der Waals surface area contributed by atoms with E-state index in [2.05, 4.69) is 9.80 Å². The number of hydrogen-bond donors (Lipinski definition) is 1. The molecule has 1 aliphatic rings. The maximum atomic E-state index is 13.6. The van der Waals surface area contributed by atoms with Gasteiger partial charge < -0.3 is 14.9 Å². The molecule has 1 aromatic rings. The molecule has 110 valence electrons. The first kappa shape index (κ1) is 14.9. The van der Waals surface area contributed by atoms with Crippen molar-refractivity contribution in [2.24, 2.45) is 0 Å². The first-order chi connectivity index (χ1) is 9.56. The molecule has 0 radical (unpaired) electrons. The molecule has 0 aliphatic carbocycles. The Morgan fingerprint density at radius 1 is 1.40 bits per heavy atom. The maximum Gasteiger partial charge on any atom is 0.338 e. The van der Waals surface area contributed by atoms with Crippen LogP contribution in [0.5, 0.6) is 0 Å². The summed E-state index contributed by atoms with van der Waals surface area (Å²) in [4.78, 5) is 15.3. The second kappa shape index (κ2) is 6.81. The van der Waals surface area contributed by atoms with Crippen LogP contribution in [0.3, 0.4) is 0 Å². The molecule has 1 fully saturated rings. The first-order valence-electron chi connectivity index (χ1n) is 6.99. The second-order valence-corrected chi connectivity index (χ2v) is 5.41. The summed E-state index contributed by atoms with van der Waals surface area (Å²) in [6.45, 7) is 4.95. The van der Waals surface area contributed by atoms with E-state index in [0.717, 1.165) is 18.7 Å². The van der Waals surface area contributed by atoms with Crippen molar-refractivity contribution in [3.63, 3.8) is 0 Å². The lowest BCUT2D eigenvalue weighted by atomic mass is 10.1. The highest BCUT2D eigenvalue weighted by molar-refractivity contribution is 5.87. The van der Waals surface area contributed by atoms with E-state index in [1.165, 1.54) is 38.1 Å². The third-order valence-electron chi connectivity index (χ3n) is 3.71. The lowest BCUT2D eigenvalue weighted by Gasteiger charge is -2.21. The van der Waals surface area contributed by atoms with Crippen molar-refractivity contribution < 1.29 is 14.3 Å². The molecule has 1 heterocycles. The highest BCUT2D eigenvalue weighted by Gasteiger charge is 2.13. The molecular weight excluding hydrogens is 259 g/mol. The predicted octanol–water partition coefficient (Wildman–Crippen LogP) is 2.05. The molecule has 0 amide bonds. The number of carboxylic acids is 1. The van der Waals surface area contributed by atoms with Gasteiger partial charge in [0.1, 0.15) is 5.82 Å². The molecular formula is C15H21FN2O2. The zero-order valence-electron chi connectivity index (χ0n) is 11.8. The molecule has 1 aliphatic heterocycles. The summed E-state index contributed by atoms with van der Waals surface area (Å²) in [5.74, 6) is -1.89. The van der Waals surface area contributed by atoms with Crippen molar-refractivity contribution >= 4 is 5.97 Å². The van der Waals surface area contributed by atoms with Gasteiger partial charge in [-0.3, -0.25) is 0 Å². The van der Waals surface area contributed by atoms with Gasteiger partial charge in [-0.05, 0) is 50.7 Å². The molecule has 0 bridgehead atoms. The number of hydrogen-bond acceptors (Lipinski definition) is 3. The van der Waals surface area contributed by atoms with Crippen molar-refractivity contribution in [2.75, 3.05) is 33.2 Å². The molecule has 0 spiro atoms. The van der Waals surface area contributed by atoms with Crippen LogP contribution in [0.25, 0.3) is 0 Å². The number of carbonyl (C=O) groups is 1. The van der Waals surface area contributed by atoms with Gasteiger partial charge in [-0.15, -0.1) is 0 Å². The van der Waals surface area contributed by atoms with Gasteiger partial charge in [0.15, 0.2) is 0 Å². The number of likely N-dealkylation sites (N-methyl/N-ethyl adjacent to an activating group) is 1. The van der Waals surface area contributed by atoms with Crippen molar-refractivity contribution in [3.05, 3.63) is 35.1 Å². The quantitative estimate of drug-likeness (QED) is 0.866. The average molecular weight is 280 g/mol. The van der Waals surface area contributed by atoms with E-state index in [1.54, 1.807) is 6.07 Å². The van der Waals surface area contributed by atoms with Crippen molar-refractivity contribution in [1.29, 1.82) is 0 Å². The van der Waals surface area contributed by atoms with Crippen LogP contribution in [0.15, 0.2) is 18.2 Å². The molecule has 0 atom stereocenters. The maximum absolute atomic E-state index is 13.6. The average Bonchev–Trinajstić information content (AvgIpc) is 2.89. The zero-order chi connectivity index (χ0) is 14.5. The molecule has 4 nitrogen and oxygen atoms in total. The second-order valence-electron chi connectivity index (χ2n) is 5.41. The normalized spacial score (nSPS) is 15.9. The van der Waals surface area contributed by atoms with Crippen LogP contribution in [0.1, 0.15) is 28.8 Å². The van der Waals surface area contributed by atoms with Crippen LogP contribution in [-0.2, 0) is 6.54 Å². The number of carboxylic acid groups (broad SMARTS) is 1. The molecule has 1 saturated heterocycles. The minimum absolute atomic E-state index is 0.270. The lowest BCUT2D eigenvalue weighted by Crippen LogP contribution is -2.31. The summed E-state index contributed by atoms with van der Waals surface area (Å²) in [7, 11) is 2.00. The van der Waals surface area contributed by atoms with Crippen LogP contribution < -0.4 is 0 Å². The van der Waals surface area contributed by atoms with Gasteiger partial charge in [0.2, 0.25) is 0 Å². The van der Waals surface area contributed by atoms with Crippen LogP contribution >= 0.6 is 0 Å². The fourth-order valence-corrected chi connectivity index (χ4v) is 2.54. The fourth-order valence-electron chi connectivity index (χ4n) is 2.54. The monoisotopic (exact) mass is 280 g/mol. The molecule has 0 saturated carbocycles. The number of aromatic carboxylic acids is 1. The molecule has 5 heteroatoms. The molecule has 0 unspecified atom stereocenters. The highest BCUT2D eigenvalue weighted by atomic mass is 19.1. The summed E-state index contributed by atoms with van der Waals surface area (Å²) < 4.78 is 13.6. The number of halogens is 1. The summed E-state index contributed by atoms with van der Waals surface area (Å²) in [6.07, 6.45) is 2.57. The smallest absolute Gasteiger partial charge is 0.338 e. The van der Waals surface area contributed by atoms with Crippen molar-refractivity contribution in [3.8, 4) is 0 Å². The third kappa shape index (κ3) is 4.02. The molecule has 1 aromatic carbocycles. The standard InChI is InChI=1S/C15H21FN2O2/c1-17(8-9-18-6-2-3-7-18)11-12-4-5-13(15(19)20)14(16)10-12/h4-5,10H,2-3,6-9,11H2,1H3,(H,19,20). The Balaban J connectivity index is 1.85. The number of benzene rings is 1. The third-order valence-corrected chi connectivity index (χ3v) is 3.71. The van der Waals surface area contributed by atoms with Gasteiger partial charge in [0.25, 0.3) is 0 Å². The van der Waals surface area contributed by atoms with E-state index in [9.17, 15) is 9.18 Å². The lowest BCUT2D eigenvalue weighted by molar-refractivity contribution is 0.0692. The van der Waals surface area contributed by atoms with E-state index in [-0.39, 0.29) is 5.56 Å². The Labute approximate surface area is 118 Å². The number of nitrogens with zero attached hydrogens (tertiary/aromatic N) is 2. The number of likely N-dealkylation sites (tertiary alicyclic amines) is 1.